The summed E-state index contributed by atoms with van der Waals surface area (Å²) >= 11 is 0. The number of pyridine rings is 1. The first-order chi connectivity index (χ1) is 13.5. The van der Waals surface area contributed by atoms with Crippen LogP contribution in [0.25, 0.3) is 22.1 Å². The van der Waals surface area contributed by atoms with Crippen LogP contribution in [0.2, 0.25) is 0 Å². The predicted octanol–water partition coefficient (Wildman–Crippen LogP) is 5.50. The molecule has 0 radical (unpaired) electrons. The summed E-state index contributed by atoms with van der Waals surface area (Å²) in [6, 6.07) is 17.4. The van der Waals surface area contributed by atoms with Gasteiger partial charge in [0.1, 0.15) is 0 Å². The smallest absolute Gasteiger partial charge is 0.227 e. The average molecular weight is 369 g/mol. The van der Waals surface area contributed by atoms with Gasteiger partial charge in [-0.1, -0.05) is 30.3 Å². The van der Waals surface area contributed by atoms with Crippen molar-refractivity contribution in [3.05, 3.63) is 65.4 Å². The van der Waals surface area contributed by atoms with Gasteiger partial charge in [-0.25, -0.2) is 4.98 Å². The third-order valence-electron chi connectivity index (χ3n) is 6.69. The van der Waals surface area contributed by atoms with Gasteiger partial charge in [-0.2, -0.15) is 0 Å². The lowest BCUT2D eigenvalue weighted by Gasteiger charge is -2.43. The van der Waals surface area contributed by atoms with Crippen LogP contribution in [-0.4, -0.2) is 17.7 Å². The molecule has 4 nitrogen and oxygen atoms in total. The minimum absolute atomic E-state index is 0.0721. The molecule has 0 spiro atoms. The molecule has 28 heavy (non-hydrogen) atoms. The zero-order valence-corrected chi connectivity index (χ0v) is 16.7. The van der Waals surface area contributed by atoms with Crippen LogP contribution in [-0.2, 0) is 5.54 Å². The van der Waals surface area contributed by atoms with Crippen molar-refractivity contribution in [2.45, 2.75) is 39.4 Å². The van der Waals surface area contributed by atoms with E-state index in [-0.39, 0.29) is 11.7 Å². The molecule has 1 unspecified atom stereocenters. The molecule has 1 fully saturated rings. The fraction of sp³-hybridized carbons (Fsp3) is 0.292. The number of hydrogen-bond donors (Lipinski definition) is 0. The van der Waals surface area contributed by atoms with Crippen LogP contribution >= 0.6 is 0 Å². The Morgan fingerprint density at radius 1 is 1.04 bits per heavy atom. The Labute approximate surface area is 164 Å². The average Bonchev–Trinajstić information content (AvgIpc) is 3.27. The van der Waals surface area contributed by atoms with Gasteiger partial charge in [0.05, 0.1) is 17.4 Å². The van der Waals surface area contributed by atoms with Gasteiger partial charge < -0.3 is 14.2 Å². The highest BCUT2D eigenvalue weighted by atomic mass is 16.3. The van der Waals surface area contributed by atoms with Gasteiger partial charge in [-0.3, -0.25) is 0 Å². The highest BCUT2D eigenvalue weighted by molar-refractivity contribution is 6.09. The van der Waals surface area contributed by atoms with Gasteiger partial charge in [0.15, 0.2) is 5.58 Å². The molecule has 2 bridgehead atoms. The minimum atomic E-state index is -0.0721. The van der Waals surface area contributed by atoms with Crippen molar-refractivity contribution < 1.29 is 4.42 Å². The van der Waals surface area contributed by atoms with E-state index in [2.05, 4.69) is 84.1 Å². The number of aromatic nitrogens is 1. The minimum Gasteiger partial charge on any atom is -0.435 e. The summed E-state index contributed by atoms with van der Waals surface area (Å²) in [6.45, 7) is 9.85. The SMILES string of the molecule is Cc1ccc2c(n1)oc1c(N3[C@@H](C)N4CC3(C)c3ccccc34)c(C)ccc12. The maximum atomic E-state index is 6.38. The molecule has 6 rings (SSSR count). The number of furan rings is 1. The second-order valence-electron chi connectivity index (χ2n) is 8.44. The zero-order valence-electron chi connectivity index (χ0n) is 16.7. The normalized spacial score (nSPS) is 23.2. The van der Waals surface area contributed by atoms with E-state index in [4.69, 9.17) is 4.42 Å². The van der Waals surface area contributed by atoms with Crippen molar-refractivity contribution in [3.8, 4) is 0 Å². The molecule has 2 aromatic carbocycles. The molecule has 1 saturated heterocycles. The van der Waals surface area contributed by atoms with E-state index in [9.17, 15) is 0 Å². The molecule has 4 heteroatoms. The van der Waals surface area contributed by atoms with E-state index in [0.717, 1.165) is 34.3 Å². The second-order valence-corrected chi connectivity index (χ2v) is 8.44. The highest BCUT2D eigenvalue weighted by Crippen LogP contribution is 2.54. The first-order valence-corrected chi connectivity index (χ1v) is 9.94. The van der Waals surface area contributed by atoms with E-state index in [1.54, 1.807) is 0 Å². The number of hydrogen-bond acceptors (Lipinski definition) is 4. The number of para-hydroxylation sites is 1. The van der Waals surface area contributed by atoms with Gasteiger partial charge in [0.25, 0.3) is 0 Å². The lowest BCUT2D eigenvalue weighted by molar-refractivity contribution is 0.508. The summed E-state index contributed by atoms with van der Waals surface area (Å²) in [4.78, 5) is 9.71. The Balaban J connectivity index is 1.65. The zero-order chi connectivity index (χ0) is 19.2. The number of nitrogens with zero attached hydrogens (tertiary/aromatic N) is 3. The summed E-state index contributed by atoms with van der Waals surface area (Å²) < 4.78 is 6.38. The Bertz CT molecular complexity index is 1270. The molecule has 0 amide bonds. The van der Waals surface area contributed by atoms with E-state index in [0.29, 0.717) is 0 Å². The summed E-state index contributed by atoms with van der Waals surface area (Å²) in [5.74, 6) is 0. The van der Waals surface area contributed by atoms with Crippen molar-refractivity contribution in [3.63, 3.8) is 0 Å². The lowest BCUT2D eigenvalue weighted by Crippen LogP contribution is -2.47. The standard InChI is InChI=1S/C24H23N3O/c1-14-9-11-17-18-12-10-15(2)25-23(18)28-22(17)21(14)27-16(3)26-13-24(27,4)19-7-5-6-8-20(19)26/h5-12,16H,13H2,1-4H3/t16-,24?/m0/s1. The van der Waals surface area contributed by atoms with Crippen LogP contribution in [0.1, 0.15) is 30.7 Å². The van der Waals surface area contributed by atoms with Gasteiger partial charge in [0, 0.05) is 34.3 Å². The van der Waals surface area contributed by atoms with E-state index >= 15 is 0 Å². The lowest BCUT2D eigenvalue weighted by atomic mass is 9.90. The first-order valence-electron chi connectivity index (χ1n) is 9.94. The maximum Gasteiger partial charge on any atom is 0.227 e. The number of benzene rings is 2. The molecule has 2 aromatic heterocycles. The van der Waals surface area contributed by atoms with Crippen molar-refractivity contribution in [2.75, 3.05) is 16.3 Å². The highest BCUT2D eigenvalue weighted by Gasteiger charge is 2.54. The molecule has 2 atom stereocenters. The van der Waals surface area contributed by atoms with Crippen LogP contribution < -0.4 is 9.80 Å². The number of aryl methyl sites for hydroxylation is 2. The van der Waals surface area contributed by atoms with Crippen molar-refractivity contribution >= 4 is 33.4 Å². The van der Waals surface area contributed by atoms with E-state index in [1.165, 1.54) is 22.5 Å². The fourth-order valence-corrected chi connectivity index (χ4v) is 5.40. The Morgan fingerprint density at radius 3 is 2.68 bits per heavy atom. The summed E-state index contributed by atoms with van der Waals surface area (Å²) in [7, 11) is 0. The number of rotatable bonds is 1. The first kappa shape index (κ1) is 16.0. The molecule has 0 saturated carbocycles. The monoisotopic (exact) mass is 369 g/mol. The van der Waals surface area contributed by atoms with E-state index in [1.807, 2.05) is 6.92 Å². The third-order valence-corrected chi connectivity index (χ3v) is 6.69. The van der Waals surface area contributed by atoms with Crippen molar-refractivity contribution in [1.82, 2.24) is 4.98 Å². The number of anilines is 2. The topological polar surface area (TPSA) is 32.5 Å². The van der Waals surface area contributed by atoms with Crippen LogP contribution in [0.5, 0.6) is 0 Å². The Morgan fingerprint density at radius 2 is 1.82 bits per heavy atom. The van der Waals surface area contributed by atoms with Crippen molar-refractivity contribution in [2.24, 2.45) is 0 Å². The Kier molecular flexibility index (Phi) is 2.90. The predicted molar refractivity (Wildman–Crippen MR) is 114 cm³/mol. The molecule has 2 aliphatic heterocycles. The Hall–Kier alpha value is -3.01. The molecule has 140 valence electrons. The molecular weight excluding hydrogens is 346 g/mol. The number of fused-ring (bicyclic) bond motifs is 8. The van der Waals surface area contributed by atoms with Gasteiger partial charge in [-0.15, -0.1) is 0 Å². The van der Waals surface area contributed by atoms with Gasteiger partial charge in [0.2, 0.25) is 5.71 Å². The fourth-order valence-electron chi connectivity index (χ4n) is 5.40. The largest absolute Gasteiger partial charge is 0.435 e. The third kappa shape index (κ3) is 1.78. The van der Waals surface area contributed by atoms with Gasteiger partial charge >= 0.3 is 0 Å². The van der Waals surface area contributed by atoms with Crippen LogP contribution in [0.3, 0.4) is 0 Å². The van der Waals surface area contributed by atoms with Crippen LogP contribution in [0, 0.1) is 13.8 Å². The molecule has 0 aliphatic carbocycles. The van der Waals surface area contributed by atoms with Crippen molar-refractivity contribution in [1.29, 1.82) is 0 Å². The summed E-state index contributed by atoms with van der Waals surface area (Å²) in [6.07, 6.45) is 0.270. The molecule has 4 heterocycles. The summed E-state index contributed by atoms with van der Waals surface area (Å²) in [5.41, 5.74) is 7.78. The van der Waals surface area contributed by atoms with Crippen LogP contribution in [0.4, 0.5) is 11.4 Å². The maximum absolute atomic E-state index is 6.38. The molecule has 4 aromatic rings. The second kappa shape index (κ2) is 5.07. The van der Waals surface area contributed by atoms with E-state index < -0.39 is 0 Å². The van der Waals surface area contributed by atoms with Gasteiger partial charge in [-0.05, 0) is 51.5 Å². The summed E-state index contributed by atoms with van der Waals surface area (Å²) in [5, 5.41) is 2.23. The quantitative estimate of drug-likeness (QED) is 0.443. The molecule has 0 N–H and O–H groups in total. The molecule has 2 aliphatic rings. The molecular formula is C24H23N3O. The van der Waals surface area contributed by atoms with Crippen LogP contribution in [0.15, 0.2) is 52.9 Å².